The number of piperidine rings is 1. The van der Waals surface area contributed by atoms with Crippen LogP contribution in [0.25, 0.3) is 0 Å². The first-order valence-corrected chi connectivity index (χ1v) is 8.13. The number of amides is 1. The molecule has 3 nitrogen and oxygen atoms in total. The molecule has 4 heteroatoms. The van der Waals surface area contributed by atoms with E-state index in [4.69, 9.17) is 5.73 Å². The molecule has 1 saturated heterocycles. The van der Waals surface area contributed by atoms with Crippen LogP contribution in [0.2, 0.25) is 0 Å². The topological polar surface area (TPSA) is 46.3 Å². The van der Waals surface area contributed by atoms with Gasteiger partial charge in [-0.15, -0.1) is 0 Å². The summed E-state index contributed by atoms with van der Waals surface area (Å²) in [6, 6.07) is 8.40. The Kier molecular flexibility index (Phi) is 5.61. The van der Waals surface area contributed by atoms with Gasteiger partial charge in [0.2, 0.25) is 5.91 Å². The van der Waals surface area contributed by atoms with Crippen molar-refractivity contribution in [2.24, 2.45) is 11.7 Å². The number of halogens is 1. The van der Waals surface area contributed by atoms with Crippen LogP contribution in [0.1, 0.15) is 31.7 Å². The van der Waals surface area contributed by atoms with Crippen LogP contribution in [0, 0.1) is 5.92 Å². The summed E-state index contributed by atoms with van der Waals surface area (Å²) in [5.74, 6) is 0.925. The first-order valence-electron chi connectivity index (χ1n) is 7.34. The number of aryl methyl sites for hydroxylation is 1. The van der Waals surface area contributed by atoms with Gasteiger partial charge in [0.15, 0.2) is 0 Å². The Hall–Kier alpha value is -0.870. The Morgan fingerprint density at radius 2 is 2.10 bits per heavy atom. The average Bonchev–Trinajstić information content (AvgIpc) is 2.46. The monoisotopic (exact) mass is 338 g/mol. The molecular weight excluding hydrogens is 316 g/mol. The summed E-state index contributed by atoms with van der Waals surface area (Å²) in [5.41, 5.74) is 7.02. The summed E-state index contributed by atoms with van der Waals surface area (Å²) in [5, 5.41) is 0. The number of carbonyl (C=O) groups is 1. The highest BCUT2D eigenvalue weighted by Crippen LogP contribution is 2.23. The van der Waals surface area contributed by atoms with E-state index in [0.29, 0.717) is 18.9 Å². The van der Waals surface area contributed by atoms with Gasteiger partial charge in [0, 0.05) is 30.0 Å². The highest BCUT2D eigenvalue weighted by molar-refractivity contribution is 9.10. The Balaban J connectivity index is 1.89. The summed E-state index contributed by atoms with van der Waals surface area (Å²) in [4.78, 5) is 14.4. The highest BCUT2D eigenvalue weighted by atomic mass is 79.9. The zero-order chi connectivity index (χ0) is 14.5. The highest BCUT2D eigenvalue weighted by Gasteiger charge is 2.28. The lowest BCUT2D eigenvalue weighted by atomic mass is 9.92. The van der Waals surface area contributed by atoms with Gasteiger partial charge in [-0.25, -0.2) is 0 Å². The number of likely N-dealkylation sites (tertiary alicyclic amines) is 1. The van der Waals surface area contributed by atoms with Crippen LogP contribution in [0.4, 0.5) is 0 Å². The molecule has 110 valence electrons. The van der Waals surface area contributed by atoms with Gasteiger partial charge in [-0.2, -0.15) is 0 Å². The lowest BCUT2D eigenvalue weighted by Gasteiger charge is -2.38. The third-order valence-corrected chi connectivity index (χ3v) is 4.64. The van der Waals surface area contributed by atoms with Crippen molar-refractivity contribution in [2.75, 3.05) is 13.1 Å². The molecule has 2 atom stereocenters. The van der Waals surface area contributed by atoms with Gasteiger partial charge in [-0.05, 0) is 42.9 Å². The molecule has 2 rings (SSSR count). The van der Waals surface area contributed by atoms with Gasteiger partial charge in [0.1, 0.15) is 0 Å². The van der Waals surface area contributed by atoms with Crippen molar-refractivity contribution >= 4 is 21.8 Å². The van der Waals surface area contributed by atoms with Gasteiger partial charge in [0.25, 0.3) is 0 Å². The van der Waals surface area contributed by atoms with E-state index < -0.39 is 0 Å². The second-order valence-corrected chi connectivity index (χ2v) is 6.65. The van der Waals surface area contributed by atoms with Crippen LogP contribution >= 0.6 is 15.9 Å². The van der Waals surface area contributed by atoms with E-state index in [1.165, 1.54) is 5.56 Å². The number of rotatable bonds is 4. The number of nitrogens with two attached hydrogens (primary N) is 1. The van der Waals surface area contributed by atoms with Gasteiger partial charge in [0.05, 0.1) is 0 Å². The van der Waals surface area contributed by atoms with Gasteiger partial charge < -0.3 is 10.6 Å². The summed E-state index contributed by atoms with van der Waals surface area (Å²) >= 11 is 3.42. The van der Waals surface area contributed by atoms with E-state index in [9.17, 15) is 4.79 Å². The predicted octanol–water partition coefficient (Wildman–Crippen LogP) is 2.97. The molecule has 1 aliphatic heterocycles. The van der Waals surface area contributed by atoms with Crippen LogP contribution in [0.3, 0.4) is 0 Å². The van der Waals surface area contributed by atoms with Crippen LogP contribution in [0.15, 0.2) is 28.7 Å². The van der Waals surface area contributed by atoms with Gasteiger partial charge in [-0.1, -0.05) is 35.0 Å². The summed E-state index contributed by atoms with van der Waals surface area (Å²) in [6.07, 6.45) is 3.52. The van der Waals surface area contributed by atoms with Crippen molar-refractivity contribution in [1.82, 2.24) is 4.90 Å². The second kappa shape index (κ2) is 7.23. The summed E-state index contributed by atoms with van der Waals surface area (Å²) in [6.45, 7) is 3.68. The Morgan fingerprint density at radius 1 is 1.40 bits per heavy atom. The van der Waals surface area contributed by atoms with Crippen LogP contribution in [-0.4, -0.2) is 29.9 Å². The Bertz CT molecular complexity index is 446. The van der Waals surface area contributed by atoms with E-state index in [2.05, 4.69) is 35.0 Å². The molecule has 2 N–H and O–H groups in total. The largest absolute Gasteiger partial charge is 0.338 e. The van der Waals surface area contributed by atoms with E-state index in [1.54, 1.807) is 0 Å². The van der Waals surface area contributed by atoms with E-state index in [1.807, 2.05) is 17.0 Å². The third-order valence-electron chi connectivity index (χ3n) is 4.11. The van der Waals surface area contributed by atoms with E-state index in [-0.39, 0.29) is 11.9 Å². The zero-order valence-electron chi connectivity index (χ0n) is 12.0. The lowest BCUT2D eigenvalue weighted by Crippen LogP contribution is -2.49. The van der Waals surface area contributed by atoms with E-state index >= 15 is 0 Å². The third kappa shape index (κ3) is 4.06. The molecular formula is C16H23BrN2O. The minimum absolute atomic E-state index is 0.233. The summed E-state index contributed by atoms with van der Waals surface area (Å²) < 4.78 is 1.07. The van der Waals surface area contributed by atoms with Crippen LogP contribution in [-0.2, 0) is 11.2 Å². The molecule has 0 saturated carbocycles. The van der Waals surface area contributed by atoms with Crippen molar-refractivity contribution in [1.29, 1.82) is 0 Å². The fourth-order valence-electron chi connectivity index (χ4n) is 2.85. The fourth-order valence-corrected chi connectivity index (χ4v) is 3.11. The molecule has 0 radical (unpaired) electrons. The molecule has 1 amide bonds. The second-order valence-electron chi connectivity index (χ2n) is 5.73. The SMILES string of the molecule is CC1CCN(C(=O)CCc2ccc(Br)cc2)C(CN)C1. The summed E-state index contributed by atoms with van der Waals surface area (Å²) in [7, 11) is 0. The maximum Gasteiger partial charge on any atom is 0.223 e. The molecule has 1 heterocycles. The quantitative estimate of drug-likeness (QED) is 0.917. The average molecular weight is 339 g/mol. The number of hydrogen-bond acceptors (Lipinski definition) is 2. The standard InChI is InChI=1S/C16H23BrN2O/c1-12-8-9-19(15(10-12)11-18)16(20)7-4-13-2-5-14(17)6-3-13/h2-3,5-6,12,15H,4,7-11,18H2,1H3. The first kappa shape index (κ1) is 15.5. The number of carbonyl (C=O) groups excluding carboxylic acids is 1. The molecule has 0 aliphatic carbocycles. The molecule has 0 bridgehead atoms. The fraction of sp³-hybridized carbons (Fsp3) is 0.562. The molecule has 2 unspecified atom stereocenters. The minimum atomic E-state index is 0.233. The van der Waals surface area contributed by atoms with Crippen molar-refractivity contribution in [3.05, 3.63) is 34.3 Å². The Morgan fingerprint density at radius 3 is 2.75 bits per heavy atom. The Labute approximate surface area is 129 Å². The number of benzene rings is 1. The zero-order valence-corrected chi connectivity index (χ0v) is 13.6. The van der Waals surface area contributed by atoms with Gasteiger partial charge in [-0.3, -0.25) is 4.79 Å². The smallest absolute Gasteiger partial charge is 0.223 e. The molecule has 1 fully saturated rings. The maximum absolute atomic E-state index is 12.4. The lowest BCUT2D eigenvalue weighted by molar-refractivity contribution is -0.135. The van der Waals surface area contributed by atoms with Gasteiger partial charge >= 0.3 is 0 Å². The number of nitrogens with zero attached hydrogens (tertiary/aromatic N) is 1. The van der Waals surface area contributed by atoms with Crippen molar-refractivity contribution < 1.29 is 4.79 Å². The molecule has 1 aromatic rings. The first-order chi connectivity index (χ1) is 9.60. The van der Waals surface area contributed by atoms with Crippen molar-refractivity contribution in [2.45, 2.75) is 38.6 Å². The molecule has 20 heavy (non-hydrogen) atoms. The number of hydrogen-bond donors (Lipinski definition) is 1. The van der Waals surface area contributed by atoms with Crippen molar-refractivity contribution in [3.63, 3.8) is 0 Å². The molecule has 1 aliphatic rings. The van der Waals surface area contributed by atoms with E-state index in [0.717, 1.165) is 30.3 Å². The molecule has 0 spiro atoms. The van der Waals surface area contributed by atoms with Crippen LogP contribution in [0.5, 0.6) is 0 Å². The normalized spacial score (nSPS) is 22.9. The van der Waals surface area contributed by atoms with Crippen molar-refractivity contribution in [3.8, 4) is 0 Å². The predicted molar refractivity (Wildman–Crippen MR) is 85.4 cm³/mol. The molecule has 0 aromatic heterocycles. The minimum Gasteiger partial charge on any atom is -0.338 e. The maximum atomic E-state index is 12.4. The van der Waals surface area contributed by atoms with Crippen LogP contribution < -0.4 is 5.73 Å². The molecule has 1 aromatic carbocycles.